The van der Waals surface area contributed by atoms with Crippen LogP contribution >= 0.6 is 0 Å². The monoisotopic (exact) mass is 252 g/mol. The first-order valence-corrected chi connectivity index (χ1v) is 5.08. The van der Waals surface area contributed by atoms with Gasteiger partial charge in [0.25, 0.3) is 5.91 Å². The van der Waals surface area contributed by atoms with Crippen LogP contribution in [-0.2, 0) is 6.54 Å². The van der Waals surface area contributed by atoms with Crippen molar-refractivity contribution in [3.63, 3.8) is 0 Å². The van der Waals surface area contributed by atoms with Crippen LogP contribution in [0.3, 0.4) is 0 Å². The molecule has 0 atom stereocenters. The Morgan fingerprint density at radius 1 is 1.39 bits per heavy atom. The summed E-state index contributed by atoms with van der Waals surface area (Å²) in [5.74, 6) is -2.52. The highest BCUT2D eigenvalue weighted by Crippen LogP contribution is 2.16. The number of rotatable bonds is 3. The van der Waals surface area contributed by atoms with Gasteiger partial charge in [-0.1, -0.05) is 0 Å². The number of hydrogen-bond donors (Lipinski definition) is 3. The number of aromatic nitrogens is 2. The Balaban J connectivity index is 2.11. The number of amides is 1. The van der Waals surface area contributed by atoms with E-state index in [2.05, 4.69) is 15.3 Å². The molecule has 94 valence electrons. The van der Waals surface area contributed by atoms with E-state index in [1.165, 1.54) is 12.5 Å². The molecule has 2 aromatic rings. The summed E-state index contributed by atoms with van der Waals surface area (Å²) in [6, 6.07) is 1.55. The van der Waals surface area contributed by atoms with Crippen LogP contribution in [0.1, 0.15) is 16.1 Å². The molecule has 0 aliphatic carbocycles. The molecule has 5 nitrogen and oxygen atoms in total. The van der Waals surface area contributed by atoms with Crippen molar-refractivity contribution in [1.29, 1.82) is 0 Å². The van der Waals surface area contributed by atoms with Crippen LogP contribution < -0.4 is 11.1 Å². The highest BCUT2D eigenvalue weighted by molar-refractivity contribution is 5.95. The number of carbonyl (C=O) groups is 1. The highest BCUT2D eigenvalue weighted by atomic mass is 19.1. The van der Waals surface area contributed by atoms with Crippen LogP contribution in [-0.4, -0.2) is 15.9 Å². The van der Waals surface area contributed by atoms with E-state index in [-0.39, 0.29) is 17.8 Å². The van der Waals surface area contributed by atoms with Crippen LogP contribution in [0, 0.1) is 11.6 Å². The van der Waals surface area contributed by atoms with Gasteiger partial charge in [0.05, 0.1) is 29.8 Å². The Morgan fingerprint density at radius 3 is 2.83 bits per heavy atom. The van der Waals surface area contributed by atoms with E-state index in [4.69, 9.17) is 5.73 Å². The summed E-state index contributed by atoms with van der Waals surface area (Å²) in [5, 5.41) is 2.46. The highest BCUT2D eigenvalue weighted by Gasteiger charge is 2.14. The number of aromatic amines is 1. The number of nitrogens with one attached hydrogen (secondary N) is 2. The van der Waals surface area contributed by atoms with Crippen LogP contribution in [0.5, 0.6) is 0 Å². The summed E-state index contributed by atoms with van der Waals surface area (Å²) in [5.41, 5.74) is 5.37. The number of hydrogen-bond acceptors (Lipinski definition) is 3. The topological polar surface area (TPSA) is 83.8 Å². The van der Waals surface area contributed by atoms with Crippen molar-refractivity contribution >= 4 is 11.6 Å². The number of carbonyl (C=O) groups excluding carboxylic acids is 1. The van der Waals surface area contributed by atoms with Crippen LogP contribution in [0.2, 0.25) is 0 Å². The second-order valence-corrected chi connectivity index (χ2v) is 3.61. The van der Waals surface area contributed by atoms with E-state index in [9.17, 15) is 13.6 Å². The molecule has 0 unspecified atom stereocenters. The number of H-pyrrole nitrogens is 1. The molecule has 0 saturated carbocycles. The summed E-state index contributed by atoms with van der Waals surface area (Å²) in [6.07, 6.45) is 2.98. The average Bonchev–Trinajstić information content (AvgIpc) is 2.84. The van der Waals surface area contributed by atoms with Gasteiger partial charge in [0, 0.05) is 12.3 Å². The molecule has 18 heavy (non-hydrogen) atoms. The van der Waals surface area contributed by atoms with Crippen molar-refractivity contribution in [3.05, 3.63) is 47.5 Å². The van der Waals surface area contributed by atoms with Crippen molar-refractivity contribution in [2.75, 3.05) is 5.73 Å². The lowest BCUT2D eigenvalue weighted by Crippen LogP contribution is -2.24. The molecule has 0 saturated heterocycles. The van der Waals surface area contributed by atoms with Gasteiger partial charge >= 0.3 is 0 Å². The fraction of sp³-hybridized carbons (Fsp3) is 0.0909. The molecule has 7 heteroatoms. The molecule has 4 N–H and O–H groups in total. The molecule has 0 bridgehead atoms. The number of halogens is 2. The Bertz CT molecular complexity index is 569. The SMILES string of the molecule is Nc1cc(C(=O)NCc2cnc[nH]2)c(F)cc1F. The first kappa shape index (κ1) is 12.0. The van der Waals surface area contributed by atoms with E-state index >= 15 is 0 Å². The van der Waals surface area contributed by atoms with Crippen molar-refractivity contribution in [2.45, 2.75) is 6.54 Å². The number of nitrogens with two attached hydrogens (primary N) is 1. The van der Waals surface area contributed by atoms with E-state index in [1.54, 1.807) is 0 Å². The lowest BCUT2D eigenvalue weighted by atomic mass is 10.1. The van der Waals surface area contributed by atoms with Gasteiger partial charge in [-0.25, -0.2) is 13.8 Å². The number of anilines is 1. The average molecular weight is 252 g/mol. The van der Waals surface area contributed by atoms with Gasteiger partial charge in [0.15, 0.2) is 0 Å². The lowest BCUT2D eigenvalue weighted by Gasteiger charge is -2.06. The minimum Gasteiger partial charge on any atom is -0.396 e. The van der Waals surface area contributed by atoms with Gasteiger partial charge in [0.1, 0.15) is 11.6 Å². The summed E-state index contributed by atoms with van der Waals surface area (Å²) < 4.78 is 26.3. The maximum Gasteiger partial charge on any atom is 0.254 e. The van der Waals surface area contributed by atoms with Crippen molar-refractivity contribution in [1.82, 2.24) is 15.3 Å². The molecule has 2 rings (SSSR count). The second-order valence-electron chi connectivity index (χ2n) is 3.61. The minimum atomic E-state index is -0.955. The normalized spacial score (nSPS) is 10.3. The zero-order valence-corrected chi connectivity index (χ0v) is 9.21. The van der Waals surface area contributed by atoms with Crippen molar-refractivity contribution < 1.29 is 13.6 Å². The standard InChI is InChI=1S/C11H10F2N4O/c12-8-2-9(13)10(14)1-7(8)11(18)16-4-6-3-15-5-17-6/h1-3,5H,4,14H2,(H,15,17)(H,16,18). The third-order valence-electron chi connectivity index (χ3n) is 2.33. The van der Waals surface area contributed by atoms with Crippen LogP contribution in [0.4, 0.5) is 14.5 Å². The fourth-order valence-electron chi connectivity index (χ4n) is 1.39. The van der Waals surface area contributed by atoms with Gasteiger partial charge in [-0.05, 0) is 6.07 Å². The predicted octanol–water partition coefficient (Wildman–Crippen LogP) is 1.20. The fourth-order valence-corrected chi connectivity index (χ4v) is 1.39. The molecule has 0 aliphatic rings. The third-order valence-corrected chi connectivity index (χ3v) is 2.33. The van der Waals surface area contributed by atoms with Gasteiger partial charge in [-0.15, -0.1) is 0 Å². The lowest BCUT2D eigenvalue weighted by molar-refractivity contribution is 0.0946. The maximum atomic E-state index is 13.4. The van der Waals surface area contributed by atoms with E-state index in [1.807, 2.05) is 0 Å². The van der Waals surface area contributed by atoms with Gasteiger partial charge in [-0.2, -0.15) is 0 Å². The third kappa shape index (κ3) is 2.45. The van der Waals surface area contributed by atoms with Gasteiger partial charge in [-0.3, -0.25) is 4.79 Å². The smallest absolute Gasteiger partial charge is 0.254 e. The predicted molar refractivity (Wildman–Crippen MR) is 60.5 cm³/mol. The van der Waals surface area contributed by atoms with Crippen molar-refractivity contribution in [2.24, 2.45) is 0 Å². The second kappa shape index (κ2) is 4.82. The molecular weight excluding hydrogens is 242 g/mol. The Kier molecular flexibility index (Phi) is 3.22. The summed E-state index contributed by atoms with van der Waals surface area (Å²) >= 11 is 0. The number of imidazole rings is 1. The zero-order chi connectivity index (χ0) is 13.1. The summed E-state index contributed by atoms with van der Waals surface area (Å²) in [6.45, 7) is 0.162. The first-order valence-electron chi connectivity index (χ1n) is 5.08. The molecule has 0 fully saturated rings. The maximum absolute atomic E-state index is 13.4. The summed E-state index contributed by atoms with van der Waals surface area (Å²) in [7, 11) is 0. The van der Waals surface area contributed by atoms with Gasteiger partial charge in [0.2, 0.25) is 0 Å². The molecule has 1 heterocycles. The molecular formula is C11H10F2N4O. The van der Waals surface area contributed by atoms with Crippen LogP contribution in [0.15, 0.2) is 24.7 Å². The number of benzene rings is 1. The molecule has 0 spiro atoms. The quantitative estimate of drug-likeness (QED) is 0.718. The molecule has 0 radical (unpaired) electrons. The number of nitrogen functional groups attached to an aromatic ring is 1. The largest absolute Gasteiger partial charge is 0.396 e. The molecule has 1 aromatic heterocycles. The van der Waals surface area contributed by atoms with E-state index < -0.39 is 17.5 Å². The van der Waals surface area contributed by atoms with E-state index in [0.717, 1.165) is 6.07 Å². The Hall–Kier alpha value is -2.44. The molecule has 0 aliphatic heterocycles. The molecule has 1 amide bonds. The van der Waals surface area contributed by atoms with E-state index in [0.29, 0.717) is 11.8 Å². The Morgan fingerprint density at radius 2 is 2.17 bits per heavy atom. The summed E-state index contributed by atoms with van der Waals surface area (Å²) in [4.78, 5) is 18.2. The van der Waals surface area contributed by atoms with Gasteiger partial charge < -0.3 is 16.0 Å². The first-order chi connectivity index (χ1) is 8.58. The zero-order valence-electron chi connectivity index (χ0n) is 9.21. The minimum absolute atomic E-state index is 0.162. The molecule has 1 aromatic carbocycles. The van der Waals surface area contributed by atoms with Crippen molar-refractivity contribution in [3.8, 4) is 0 Å². The van der Waals surface area contributed by atoms with Crippen LogP contribution in [0.25, 0.3) is 0 Å². The number of nitrogens with zero attached hydrogens (tertiary/aromatic N) is 1. The Labute approximate surface area is 101 Å².